The molecule has 0 saturated heterocycles. The second kappa shape index (κ2) is 7.61. The van der Waals surface area contributed by atoms with E-state index in [-0.39, 0.29) is 17.5 Å². The van der Waals surface area contributed by atoms with Crippen LogP contribution in [0.3, 0.4) is 0 Å². The fraction of sp³-hybridized carbons (Fsp3) is 0.906. The van der Waals surface area contributed by atoms with Gasteiger partial charge in [0.15, 0.2) is 0 Å². The van der Waals surface area contributed by atoms with Gasteiger partial charge in [0.05, 0.1) is 0 Å². The van der Waals surface area contributed by atoms with Gasteiger partial charge < -0.3 is 4.74 Å². The van der Waals surface area contributed by atoms with Gasteiger partial charge in [-0.3, -0.25) is 4.79 Å². The number of hydrogen-bond acceptors (Lipinski definition) is 2. The van der Waals surface area contributed by atoms with E-state index in [2.05, 4.69) is 55.0 Å². The predicted molar refractivity (Wildman–Crippen MR) is 140 cm³/mol. The zero-order valence-corrected chi connectivity index (χ0v) is 23.6. The van der Waals surface area contributed by atoms with Crippen LogP contribution >= 0.6 is 0 Å². The van der Waals surface area contributed by atoms with E-state index in [1.54, 1.807) is 6.92 Å². The van der Waals surface area contributed by atoms with E-state index in [4.69, 9.17) is 4.74 Å². The van der Waals surface area contributed by atoms with Gasteiger partial charge in [-0.2, -0.15) is 0 Å². The summed E-state index contributed by atoms with van der Waals surface area (Å²) in [6.45, 7) is 23.9. The van der Waals surface area contributed by atoms with Crippen LogP contribution < -0.4 is 0 Å². The Labute approximate surface area is 210 Å². The van der Waals surface area contributed by atoms with Crippen LogP contribution in [0.1, 0.15) is 120 Å². The number of esters is 1. The first kappa shape index (κ1) is 24.9. The van der Waals surface area contributed by atoms with Crippen LogP contribution in [0.2, 0.25) is 0 Å². The first-order chi connectivity index (χ1) is 15.7. The summed E-state index contributed by atoms with van der Waals surface area (Å²) in [5, 5.41) is 0. The molecule has 34 heavy (non-hydrogen) atoms. The van der Waals surface area contributed by atoms with Gasteiger partial charge in [-0.1, -0.05) is 53.7 Å². The molecule has 0 aromatic heterocycles. The molecule has 10 atom stereocenters. The van der Waals surface area contributed by atoms with E-state index in [0.29, 0.717) is 27.6 Å². The highest BCUT2D eigenvalue weighted by Crippen LogP contribution is 2.77. The number of carbonyl (C=O) groups excluding carboxylic acids is 1. The second-order valence-corrected chi connectivity index (χ2v) is 15.3. The smallest absolute Gasteiger partial charge is 0.302 e. The Balaban J connectivity index is 1.50. The molecule has 192 valence electrons. The molecule has 5 fully saturated rings. The van der Waals surface area contributed by atoms with Crippen molar-refractivity contribution in [3.05, 3.63) is 12.2 Å². The van der Waals surface area contributed by atoms with E-state index in [9.17, 15) is 4.79 Å². The summed E-state index contributed by atoms with van der Waals surface area (Å²) < 4.78 is 5.91. The molecule has 0 radical (unpaired) electrons. The summed E-state index contributed by atoms with van der Waals surface area (Å²) in [5.74, 6) is 3.74. The fourth-order valence-electron chi connectivity index (χ4n) is 11.9. The fourth-order valence-corrected chi connectivity index (χ4v) is 11.9. The minimum atomic E-state index is -0.107. The van der Waals surface area contributed by atoms with Crippen LogP contribution in [0.4, 0.5) is 0 Å². The summed E-state index contributed by atoms with van der Waals surface area (Å²) in [6, 6.07) is 0. The van der Waals surface area contributed by atoms with Gasteiger partial charge in [-0.05, 0) is 122 Å². The molecule has 0 bridgehead atoms. The van der Waals surface area contributed by atoms with Gasteiger partial charge in [-0.25, -0.2) is 0 Å². The molecule has 2 nitrogen and oxygen atoms in total. The molecule has 0 spiro atoms. The van der Waals surface area contributed by atoms with Crippen molar-refractivity contribution in [2.45, 2.75) is 126 Å². The monoisotopic (exact) mass is 468 g/mol. The lowest BCUT2D eigenvalue weighted by molar-refractivity contribution is -0.248. The lowest BCUT2D eigenvalue weighted by Crippen LogP contribution is -2.66. The lowest BCUT2D eigenvalue weighted by atomic mass is 9.32. The predicted octanol–water partition coefficient (Wildman–Crippen LogP) is 8.60. The maximum atomic E-state index is 11.9. The zero-order valence-electron chi connectivity index (χ0n) is 23.6. The van der Waals surface area contributed by atoms with Crippen LogP contribution in [0, 0.1) is 56.7 Å². The third-order valence-corrected chi connectivity index (χ3v) is 13.7. The second-order valence-electron chi connectivity index (χ2n) is 15.3. The summed E-state index contributed by atoms with van der Waals surface area (Å²) in [6.07, 6.45) is 13.4. The minimum Gasteiger partial charge on any atom is -0.462 e. The lowest BCUT2D eigenvalue weighted by Gasteiger charge is -2.73. The SMILES string of the molecule is C=C(C)C1CC[C@]2(C)CC[C@]3(C)[C@H](CC[C@@H]4[C@@]5(C)CCC(OC(C)=O)C(C)(C)[C@@H]5CC[C@]43C)[C@@H]12. The summed E-state index contributed by atoms with van der Waals surface area (Å²) in [5.41, 5.74) is 3.23. The van der Waals surface area contributed by atoms with Crippen LogP contribution in [0.25, 0.3) is 0 Å². The molecule has 0 aromatic rings. The van der Waals surface area contributed by atoms with Crippen molar-refractivity contribution in [1.82, 2.24) is 0 Å². The molecule has 0 N–H and O–H groups in total. The van der Waals surface area contributed by atoms with E-state index in [0.717, 1.165) is 30.1 Å². The van der Waals surface area contributed by atoms with Crippen LogP contribution in [-0.2, 0) is 9.53 Å². The van der Waals surface area contributed by atoms with Gasteiger partial charge >= 0.3 is 5.97 Å². The van der Waals surface area contributed by atoms with Crippen molar-refractivity contribution in [3.8, 4) is 0 Å². The van der Waals surface area contributed by atoms with Crippen molar-refractivity contribution < 1.29 is 9.53 Å². The Morgan fingerprint density at radius 2 is 1.47 bits per heavy atom. The van der Waals surface area contributed by atoms with Gasteiger partial charge in [-0.15, -0.1) is 0 Å². The Hall–Kier alpha value is -0.790. The zero-order chi connectivity index (χ0) is 24.9. The van der Waals surface area contributed by atoms with E-state index in [1.807, 2.05) is 0 Å². The molecule has 0 aromatic carbocycles. The number of ether oxygens (including phenoxy) is 1. The van der Waals surface area contributed by atoms with Crippen molar-refractivity contribution in [2.24, 2.45) is 56.7 Å². The van der Waals surface area contributed by atoms with Crippen molar-refractivity contribution >= 4 is 5.97 Å². The Morgan fingerprint density at radius 3 is 2.12 bits per heavy atom. The minimum absolute atomic E-state index is 0.0550. The largest absolute Gasteiger partial charge is 0.462 e. The average molecular weight is 469 g/mol. The molecule has 0 amide bonds. The van der Waals surface area contributed by atoms with Crippen molar-refractivity contribution in [1.29, 1.82) is 0 Å². The highest BCUT2D eigenvalue weighted by atomic mass is 16.5. The first-order valence-electron chi connectivity index (χ1n) is 14.5. The van der Waals surface area contributed by atoms with Gasteiger partial charge in [0.2, 0.25) is 0 Å². The molecule has 5 saturated carbocycles. The Bertz CT molecular complexity index is 872. The topological polar surface area (TPSA) is 26.3 Å². The molecule has 5 rings (SSSR count). The molecule has 5 aliphatic rings. The van der Waals surface area contributed by atoms with Crippen LogP contribution in [-0.4, -0.2) is 12.1 Å². The molecular formula is C32H52O2. The molecule has 2 heteroatoms. The van der Waals surface area contributed by atoms with Gasteiger partial charge in [0, 0.05) is 12.3 Å². The summed E-state index contributed by atoms with van der Waals surface area (Å²) >= 11 is 0. The molecular weight excluding hydrogens is 416 g/mol. The number of hydrogen-bond donors (Lipinski definition) is 0. The van der Waals surface area contributed by atoms with Crippen LogP contribution in [0.5, 0.6) is 0 Å². The van der Waals surface area contributed by atoms with Crippen LogP contribution in [0.15, 0.2) is 12.2 Å². The highest BCUT2D eigenvalue weighted by Gasteiger charge is 2.70. The first-order valence-corrected chi connectivity index (χ1v) is 14.5. The van der Waals surface area contributed by atoms with Crippen molar-refractivity contribution in [2.75, 3.05) is 0 Å². The van der Waals surface area contributed by atoms with E-state index < -0.39 is 0 Å². The Morgan fingerprint density at radius 1 is 0.765 bits per heavy atom. The maximum Gasteiger partial charge on any atom is 0.302 e. The molecule has 0 aliphatic heterocycles. The third kappa shape index (κ3) is 3.08. The number of rotatable bonds is 2. The van der Waals surface area contributed by atoms with Crippen molar-refractivity contribution in [3.63, 3.8) is 0 Å². The quantitative estimate of drug-likeness (QED) is 0.299. The van der Waals surface area contributed by atoms with Gasteiger partial charge in [0.25, 0.3) is 0 Å². The standard InChI is InChI=1S/C32H52O2/c1-20(2)22-12-15-29(6)18-19-31(8)23(27(22)29)10-11-25-30(7)16-14-26(34-21(3)33)28(4,5)24(30)13-17-32(25,31)9/h22-27H,1,10-19H2,2-9H3/t22?,23-,24+,25-,26?,27-,29-,30+,31-,32-/m1/s1. The number of carbonyl (C=O) groups is 1. The average Bonchev–Trinajstić information content (AvgIpc) is 3.08. The molecule has 2 unspecified atom stereocenters. The molecule has 0 heterocycles. The maximum absolute atomic E-state index is 11.9. The summed E-state index contributed by atoms with van der Waals surface area (Å²) in [7, 11) is 0. The third-order valence-electron chi connectivity index (χ3n) is 13.7. The molecule has 5 aliphatic carbocycles. The number of allylic oxidation sites excluding steroid dienone is 1. The van der Waals surface area contributed by atoms with E-state index >= 15 is 0 Å². The number of fused-ring (bicyclic) bond motifs is 7. The summed E-state index contributed by atoms with van der Waals surface area (Å²) in [4.78, 5) is 11.9. The Kier molecular flexibility index (Phi) is 5.57. The van der Waals surface area contributed by atoms with E-state index in [1.165, 1.54) is 63.4 Å². The normalized spacial score (nSPS) is 53.6. The van der Waals surface area contributed by atoms with Gasteiger partial charge in [0.1, 0.15) is 6.10 Å². The highest BCUT2D eigenvalue weighted by molar-refractivity contribution is 5.66.